The number of rotatable bonds is 6. The van der Waals surface area contributed by atoms with Crippen LogP contribution in [0, 0.1) is 5.92 Å². The molecular formula is C12H24N2O. The minimum Gasteiger partial charge on any atom is -0.340 e. The van der Waals surface area contributed by atoms with Gasteiger partial charge < -0.3 is 10.6 Å². The van der Waals surface area contributed by atoms with E-state index in [4.69, 9.17) is 5.73 Å². The van der Waals surface area contributed by atoms with Gasteiger partial charge in [-0.3, -0.25) is 4.79 Å². The van der Waals surface area contributed by atoms with Gasteiger partial charge >= 0.3 is 0 Å². The Bertz CT molecular complexity index is 200. The Balaban J connectivity index is 2.35. The van der Waals surface area contributed by atoms with Crippen LogP contribution in [0.25, 0.3) is 0 Å². The highest BCUT2D eigenvalue weighted by atomic mass is 16.2. The van der Waals surface area contributed by atoms with Crippen LogP contribution < -0.4 is 5.73 Å². The van der Waals surface area contributed by atoms with E-state index in [1.807, 2.05) is 4.90 Å². The molecule has 0 aromatic rings. The number of carbonyl (C=O) groups excluding carboxylic acids is 1. The lowest BCUT2D eigenvalue weighted by molar-refractivity contribution is -0.134. The molecule has 88 valence electrons. The molecule has 0 aromatic carbocycles. The average molecular weight is 212 g/mol. The average Bonchev–Trinajstić information content (AvgIpc) is 2.11. The van der Waals surface area contributed by atoms with E-state index in [0.29, 0.717) is 24.4 Å². The summed E-state index contributed by atoms with van der Waals surface area (Å²) in [4.78, 5) is 14.0. The molecule has 1 aliphatic carbocycles. The second-order valence-electron chi connectivity index (χ2n) is 4.82. The fourth-order valence-corrected chi connectivity index (χ4v) is 1.99. The van der Waals surface area contributed by atoms with Crippen LogP contribution in [-0.4, -0.2) is 29.9 Å². The van der Waals surface area contributed by atoms with Gasteiger partial charge in [-0.25, -0.2) is 0 Å². The van der Waals surface area contributed by atoms with E-state index >= 15 is 0 Å². The fraction of sp³-hybridized carbons (Fsp3) is 0.917. The van der Waals surface area contributed by atoms with Crippen LogP contribution in [0.2, 0.25) is 0 Å². The lowest BCUT2D eigenvalue weighted by Crippen LogP contribution is -2.39. The van der Waals surface area contributed by atoms with Crippen molar-refractivity contribution in [2.24, 2.45) is 11.7 Å². The largest absolute Gasteiger partial charge is 0.340 e. The molecule has 0 heterocycles. The van der Waals surface area contributed by atoms with E-state index in [0.717, 1.165) is 19.4 Å². The highest BCUT2D eigenvalue weighted by Crippen LogP contribution is 2.30. The zero-order valence-electron chi connectivity index (χ0n) is 10.0. The van der Waals surface area contributed by atoms with E-state index < -0.39 is 0 Å². The van der Waals surface area contributed by atoms with Gasteiger partial charge in [0.05, 0.1) is 0 Å². The molecule has 0 aliphatic heterocycles. The molecule has 3 heteroatoms. The third-order valence-electron chi connectivity index (χ3n) is 3.23. The summed E-state index contributed by atoms with van der Waals surface area (Å²) in [7, 11) is 0. The van der Waals surface area contributed by atoms with Crippen molar-refractivity contribution in [2.75, 3.05) is 13.1 Å². The Morgan fingerprint density at radius 2 is 2.13 bits per heavy atom. The van der Waals surface area contributed by atoms with Crippen LogP contribution >= 0.6 is 0 Å². The summed E-state index contributed by atoms with van der Waals surface area (Å²) in [5.74, 6) is 0.986. The zero-order valence-corrected chi connectivity index (χ0v) is 10.0. The monoisotopic (exact) mass is 212 g/mol. The third kappa shape index (κ3) is 3.82. The van der Waals surface area contributed by atoms with Crippen molar-refractivity contribution in [1.29, 1.82) is 0 Å². The molecular weight excluding hydrogens is 188 g/mol. The molecule has 1 rings (SSSR count). The maximum absolute atomic E-state index is 12.0. The van der Waals surface area contributed by atoms with Gasteiger partial charge in [-0.05, 0) is 45.6 Å². The highest BCUT2D eigenvalue weighted by molar-refractivity contribution is 5.76. The normalized spacial score (nSPS) is 16.5. The molecule has 0 radical (unpaired) electrons. The SMILES string of the molecule is CC(C)N(CCCN)C(=O)CC1CCC1. The maximum Gasteiger partial charge on any atom is 0.223 e. The molecule has 1 aliphatic rings. The number of amides is 1. The topological polar surface area (TPSA) is 46.3 Å². The summed E-state index contributed by atoms with van der Waals surface area (Å²) >= 11 is 0. The first kappa shape index (κ1) is 12.5. The Labute approximate surface area is 93.0 Å². The molecule has 15 heavy (non-hydrogen) atoms. The van der Waals surface area contributed by atoms with Crippen molar-refractivity contribution in [3.8, 4) is 0 Å². The second-order valence-corrected chi connectivity index (χ2v) is 4.82. The van der Waals surface area contributed by atoms with Gasteiger partial charge in [0.25, 0.3) is 0 Å². The zero-order chi connectivity index (χ0) is 11.3. The summed E-state index contributed by atoms with van der Waals surface area (Å²) in [6.07, 6.45) is 5.46. The van der Waals surface area contributed by atoms with E-state index in [1.165, 1.54) is 19.3 Å². The van der Waals surface area contributed by atoms with Gasteiger partial charge in [-0.2, -0.15) is 0 Å². The summed E-state index contributed by atoms with van der Waals surface area (Å²) < 4.78 is 0. The van der Waals surface area contributed by atoms with Crippen LogP contribution in [0.5, 0.6) is 0 Å². The van der Waals surface area contributed by atoms with Crippen LogP contribution in [0.1, 0.15) is 46.0 Å². The Morgan fingerprint density at radius 3 is 2.53 bits per heavy atom. The molecule has 0 bridgehead atoms. The van der Waals surface area contributed by atoms with Gasteiger partial charge in [-0.1, -0.05) is 6.42 Å². The van der Waals surface area contributed by atoms with Crippen molar-refractivity contribution >= 4 is 5.91 Å². The molecule has 0 atom stereocenters. The van der Waals surface area contributed by atoms with Crippen LogP contribution in [0.4, 0.5) is 0 Å². The lowest BCUT2D eigenvalue weighted by atomic mass is 9.82. The van der Waals surface area contributed by atoms with Gasteiger partial charge in [0.15, 0.2) is 0 Å². The van der Waals surface area contributed by atoms with E-state index in [9.17, 15) is 4.79 Å². The van der Waals surface area contributed by atoms with Crippen molar-refractivity contribution in [1.82, 2.24) is 4.90 Å². The fourth-order valence-electron chi connectivity index (χ4n) is 1.99. The van der Waals surface area contributed by atoms with E-state index in [-0.39, 0.29) is 0 Å². The van der Waals surface area contributed by atoms with E-state index in [1.54, 1.807) is 0 Å². The summed E-state index contributed by atoms with van der Waals surface area (Å²) in [5, 5.41) is 0. The Morgan fingerprint density at radius 1 is 1.47 bits per heavy atom. The quantitative estimate of drug-likeness (QED) is 0.729. The standard InChI is InChI=1S/C12H24N2O/c1-10(2)14(8-4-7-13)12(15)9-11-5-3-6-11/h10-11H,3-9,13H2,1-2H3. The minimum absolute atomic E-state index is 0.309. The Hall–Kier alpha value is -0.570. The molecule has 0 spiro atoms. The van der Waals surface area contributed by atoms with Crippen LogP contribution in [0.3, 0.4) is 0 Å². The summed E-state index contributed by atoms with van der Waals surface area (Å²) in [6, 6.07) is 0.309. The smallest absolute Gasteiger partial charge is 0.223 e. The molecule has 3 nitrogen and oxygen atoms in total. The van der Waals surface area contributed by atoms with Gasteiger partial charge in [-0.15, -0.1) is 0 Å². The number of carbonyl (C=O) groups is 1. The molecule has 0 aromatic heterocycles. The molecule has 0 unspecified atom stereocenters. The Kier molecular flexibility index (Phi) is 5.09. The molecule has 0 saturated heterocycles. The van der Waals surface area contributed by atoms with Gasteiger partial charge in [0.2, 0.25) is 5.91 Å². The van der Waals surface area contributed by atoms with Crippen molar-refractivity contribution in [2.45, 2.75) is 52.0 Å². The first-order valence-corrected chi connectivity index (χ1v) is 6.14. The third-order valence-corrected chi connectivity index (χ3v) is 3.23. The maximum atomic E-state index is 12.0. The van der Waals surface area contributed by atoms with Gasteiger partial charge in [0, 0.05) is 19.0 Å². The van der Waals surface area contributed by atoms with Crippen molar-refractivity contribution in [3.05, 3.63) is 0 Å². The van der Waals surface area contributed by atoms with Crippen LogP contribution in [0.15, 0.2) is 0 Å². The molecule has 1 saturated carbocycles. The van der Waals surface area contributed by atoms with Gasteiger partial charge in [0.1, 0.15) is 0 Å². The van der Waals surface area contributed by atoms with Crippen molar-refractivity contribution < 1.29 is 4.79 Å². The summed E-state index contributed by atoms with van der Waals surface area (Å²) in [5.41, 5.74) is 5.48. The number of nitrogens with zero attached hydrogens (tertiary/aromatic N) is 1. The lowest BCUT2D eigenvalue weighted by Gasteiger charge is -2.31. The van der Waals surface area contributed by atoms with Crippen molar-refractivity contribution in [3.63, 3.8) is 0 Å². The number of nitrogens with two attached hydrogens (primary N) is 1. The predicted molar refractivity (Wildman–Crippen MR) is 62.5 cm³/mol. The molecule has 1 fully saturated rings. The van der Waals surface area contributed by atoms with E-state index in [2.05, 4.69) is 13.8 Å². The second kappa shape index (κ2) is 6.11. The number of hydrogen-bond donors (Lipinski definition) is 1. The first-order chi connectivity index (χ1) is 7.15. The highest BCUT2D eigenvalue weighted by Gasteiger charge is 2.24. The summed E-state index contributed by atoms with van der Waals surface area (Å²) in [6.45, 7) is 5.64. The van der Waals surface area contributed by atoms with Crippen LogP contribution in [-0.2, 0) is 4.79 Å². The molecule has 2 N–H and O–H groups in total. The predicted octanol–water partition coefficient (Wildman–Crippen LogP) is 1.76. The molecule has 1 amide bonds. The number of hydrogen-bond acceptors (Lipinski definition) is 2. The minimum atomic E-state index is 0.309. The first-order valence-electron chi connectivity index (χ1n) is 6.14.